The predicted molar refractivity (Wildman–Crippen MR) is 400 cm³/mol. The summed E-state index contributed by atoms with van der Waals surface area (Å²) in [7, 11) is -9.91. The minimum absolute atomic E-state index is 0.107. The molecule has 0 bridgehead atoms. The van der Waals surface area contributed by atoms with Gasteiger partial charge in [-0.05, 0) is 31.6 Å². The number of rotatable bonds is 79. The molecule has 0 radical (unpaired) electrons. The van der Waals surface area contributed by atoms with Crippen molar-refractivity contribution in [1.29, 1.82) is 0 Å². The Morgan fingerprint density at radius 3 is 0.694 bits per heavy atom. The van der Waals surface area contributed by atoms with Crippen LogP contribution in [0.3, 0.4) is 0 Å². The number of esters is 4. The third kappa shape index (κ3) is 72.4. The Balaban J connectivity index is 5.23. The second-order valence-corrected chi connectivity index (χ2v) is 31.8. The van der Waals surface area contributed by atoms with Gasteiger partial charge in [0.15, 0.2) is 12.2 Å². The van der Waals surface area contributed by atoms with Crippen molar-refractivity contribution in [3.05, 3.63) is 0 Å². The Morgan fingerprint density at radius 1 is 0.276 bits per heavy atom. The van der Waals surface area contributed by atoms with E-state index in [9.17, 15) is 43.2 Å². The fraction of sp³-hybridized carbons (Fsp3) is 0.949. The smallest absolute Gasteiger partial charge is 0.462 e. The van der Waals surface area contributed by atoms with Crippen molar-refractivity contribution in [1.82, 2.24) is 0 Å². The molecule has 0 aromatic rings. The van der Waals surface area contributed by atoms with Gasteiger partial charge in [-0.2, -0.15) is 0 Å². The lowest BCUT2D eigenvalue weighted by Crippen LogP contribution is -2.30. The van der Waals surface area contributed by atoms with Crippen LogP contribution in [0.2, 0.25) is 0 Å². The summed E-state index contributed by atoms with van der Waals surface area (Å²) in [5, 5.41) is 10.6. The zero-order chi connectivity index (χ0) is 71.9. The van der Waals surface area contributed by atoms with Crippen LogP contribution in [-0.4, -0.2) is 96.7 Å². The van der Waals surface area contributed by atoms with Crippen LogP contribution in [0.1, 0.15) is 420 Å². The van der Waals surface area contributed by atoms with E-state index < -0.39 is 97.5 Å². The van der Waals surface area contributed by atoms with Gasteiger partial charge in [0.05, 0.1) is 26.4 Å². The van der Waals surface area contributed by atoms with Gasteiger partial charge in [-0.3, -0.25) is 37.3 Å². The maximum absolute atomic E-state index is 13.1. The van der Waals surface area contributed by atoms with Gasteiger partial charge < -0.3 is 33.8 Å². The number of unbranched alkanes of at least 4 members (excludes halogenated alkanes) is 51. The predicted octanol–water partition coefficient (Wildman–Crippen LogP) is 23.6. The molecule has 0 aliphatic rings. The summed E-state index contributed by atoms with van der Waals surface area (Å²) in [5.74, 6) is -1.36. The maximum Gasteiger partial charge on any atom is 0.472 e. The number of ether oxygens (including phenoxy) is 4. The van der Waals surface area contributed by atoms with Crippen molar-refractivity contribution < 1.29 is 80.2 Å². The first-order valence-electron chi connectivity index (χ1n) is 41.1. The number of phosphoric acid groups is 2. The number of carbonyl (C=O) groups excluding carboxylic acids is 4. The third-order valence-corrected chi connectivity index (χ3v) is 20.4. The molecule has 0 saturated heterocycles. The Labute approximate surface area is 600 Å². The average Bonchev–Trinajstić information content (AvgIpc) is 1.05. The van der Waals surface area contributed by atoms with Crippen molar-refractivity contribution in [2.24, 2.45) is 5.92 Å². The molecule has 17 nitrogen and oxygen atoms in total. The second kappa shape index (κ2) is 72.0. The maximum atomic E-state index is 13.1. The van der Waals surface area contributed by atoms with Crippen molar-refractivity contribution in [3.63, 3.8) is 0 Å². The largest absolute Gasteiger partial charge is 0.472 e. The van der Waals surface area contributed by atoms with Gasteiger partial charge in [-0.1, -0.05) is 369 Å². The van der Waals surface area contributed by atoms with Crippen LogP contribution in [0.5, 0.6) is 0 Å². The molecule has 98 heavy (non-hydrogen) atoms. The van der Waals surface area contributed by atoms with Gasteiger partial charge >= 0.3 is 39.5 Å². The first kappa shape index (κ1) is 96.1. The number of hydrogen-bond donors (Lipinski definition) is 3. The summed E-state index contributed by atoms with van der Waals surface area (Å²) >= 11 is 0. The number of carbonyl (C=O) groups is 4. The highest BCUT2D eigenvalue weighted by atomic mass is 31.2. The van der Waals surface area contributed by atoms with Crippen LogP contribution in [0, 0.1) is 5.92 Å². The average molecular weight is 1440 g/mol. The molecule has 0 amide bonds. The van der Waals surface area contributed by atoms with Gasteiger partial charge in [-0.25, -0.2) is 9.13 Å². The second-order valence-electron chi connectivity index (χ2n) is 28.9. The zero-order valence-corrected chi connectivity index (χ0v) is 65.7. The topological polar surface area (TPSA) is 237 Å². The number of phosphoric ester groups is 2. The van der Waals surface area contributed by atoms with Gasteiger partial charge in [0.25, 0.3) is 0 Å². The van der Waals surface area contributed by atoms with Crippen LogP contribution in [0.4, 0.5) is 0 Å². The molecule has 0 rings (SSSR count). The molecule has 2 unspecified atom stereocenters. The number of hydrogen-bond acceptors (Lipinski definition) is 15. The molecule has 5 atom stereocenters. The molecule has 0 aromatic heterocycles. The van der Waals surface area contributed by atoms with Crippen LogP contribution in [0.15, 0.2) is 0 Å². The van der Waals surface area contributed by atoms with E-state index in [1.165, 1.54) is 244 Å². The lowest BCUT2D eigenvalue weighted by molar-refractivity contribution is -0.161. The fourth-order valence-electron chi connectivity index (χ4n) is 12.2. The lowest BCUT2D eigenvalue weighted by Gasteiger charge is -2.21. The quantitative estimate of drug-likeness (QED) is 0.0222. The zero-order valence-electron chi connectivity index (χ0n) is 63.9. The van der Waals surface area contributed by atoms with E-state index in [4.69, 9.17) is 37.0 Å². The Hall–Kier alpha value is -1.94. The van der Waals surface area contributed by atoms with Crippen molar-refractivity contribution in [2.75, 3.05) is 39.6 Å². The highest BCUT2D eigenvalue weighted by Crippen LogP contribution is 2.45. The summed E-state index contributed by atoms with van der Waals surface area (Å²) in [4.78, 5) is 72.9. The van der Waals surface area contributed by atoms with Crippen LogP contribution >= 0.6 is 15.6 Å². The number of aliphatic hydroxyl groups is 1. The third-order valence-electron chi connectivity index (χ3n) is 18.5. The Kier molecular flexibility index (Phi) is 70.6. The molecular formula is C79H154O17P2. The Bertz CT molecular complexity index is 1870. The highest BCUT2D eigenvalue weighted by molar-refractivity contribution is 7.47. The highest BCUT2D eigenvalue weighted by Gasteiger charge is 2.30. The molecule has 0 heterocycles. The Morgan fingerprint density at radius 2 is 0.469 bits per heavy atom. The molecule has 0 saturated carbocycles. The van der Waals surface area contributed by atoms with Crippen LogP contribution in [-0.2, 0) is 65.4 Å². The van der Waals surface area contributed by atoms with Crippen molar-refractivity contribution >= 4 is 39.5 Å². The molecule has 0 aliphatic carbocycles. The molecule has 0 fully saturated rings. The van der Waals surface area contributed by atoms with Crippen molar-refractivity contribution in [2.45, 2.75) is 438 Å². The monoisotopic (exact) mass is 1440 g/mol. The lowest BCUT2D eigenvalue weighted by atomic mass is 10.0. The standard InChI is InChI=1S/C79H154O17P2/c1-6-9-12-15-18-21-24-26-28-29-30-31-32-33-35-38-44-49-54-59-64-78(83)95-74(69-90-77(82)63-58-53-48-43-37-34-27-25-22-19-16-13-10-7-2)70-93-97(85,86)91-66-73(80)67-92-98(87,88)94-71-75(68-89-76(81)62-57-52-47-42-36-23-20-17-14-11-8-3)96-79(84)65-60-55-50-45-40-39-41-46-51-56-61-72(4)5/h72-75,80H,6-71H2,1-5H3,(H,85,86)(H,87,88)/t73-,74-,75-/m1/s1. The molecule has 3 N–H and O–H groups in total. The first-order valence-corrected chi connectivity index (χ1v) is 44.1. The fourth-order valence-corrected chi connectivity index (χ4v) is 13.8. The minimum Gasteiger partial charge on any atom is -0.462 e. The molecule has 0 aromatic carbocycles. The van der Waals surface area contributed by atoms with E-state index in [1.54, 1.807) is 0 Å². The molecule has 582 valence electrons. The molecular weight excluding hydrogens is 1280 g/mol. The van der Waals surface area contributed by atoms with E-state index in [0.29, 0.717) is 25.7 Å². The van der Waals surface area contributed by atoms with Gasteiger partial charge in [0, 0.05) is 25.7 Å². The van der Waals surface area contributed by atoms with E-state index in [1.807, 2.05) is 0 Å². The molecule has 19 heteroatoms. The van der Waals surface area contributed by atoms with Crippen LogP contribution < -0.4 is 0 Å². The summed E-state index contributed by atoms with van der Waals surface area (Å²) < 4.78 is 68.6. The molecule has 0 spiro atoms. The molecule has 0 aliphatic heterocycles. The van der Waals surface area contributed by atoms with E-state index in [2.05, 4.69) is 34.6 Å². The van der Waals surface area contributed by atoms with E-state index in [-0.39, 0.29) is 25.7 Å². The number of aliphatic hydroxyl groups excluding tert-OH is 1. The van der Waals surface area contributed by atoms with E-state index in [0.717, 1.165) is 95.8 Å². The minimum atomic E-state index is -4.96. The summed E-state index contributed by atoms with van der Waals surface area (Å²) in [6.07, 6.45) is 62.4. The van der Waals surface area contributed by atoms with Crippen LogP contribution in [0.25, 0.3) is 0 Å². The van der Waals surface area contributed by atoms with Gasteiger partial charge in [0.1, 0.15) is 19.3 Å². The summed E-state index contributed by atoms with van der Waals surface area (Å²) in [6, 6.07) is 0. The van der Waals surface area contributed by atoms with E-state index >= 15 is 0 Å². The first-order chi connectivity index (χ1) is 47.5. The summed E-state index contributed by atoms with van der Waals surface area (Å²) in [6.45, 7) is 7.30. The van der Waals surface area contributed by atoms with Gasteiger partial charge in [0.2, 0.25) is 0 Å². The normalized spacial score (nSPS) is 13.9. The van der Waals surface area contributed by atoms with Crippen molar-refractivity contribution in [3.8, 4) is 0 Å². The SMILES string of the molecule is CCCCCCCCCCCCCCCCCCCCCCC(=O)O[C@H](COC(=O)CCCCCCCCCCCCCCCC)COP(=O)(O)OC[C@@H](O)COP(=O)(O)OC[C@@H](COC(=O)CCCCCCCCCCCCC)OC(=O)CCCCCCCCCCCCC(C)C. The summed E-state index contributed by atoms with van der Waals surface area (Å²) in [5.41, 5.74) is 0. The van der Waals surface area contributed by atoms with Gasteiger partial charge in [-0.15, -0.1) is 0 Å².